The Morgan fingerprint density at radius 1 is 1.16 bits per heavy atom. The van der Waals surface area contributed by atoms with Crippen LogP contribution in [0.25, 0.3) is 0 Å². The minimum atomic E-state index is -4.18. The van der Waals surface area contributed by atoms with Gasteiger partial charge in [-0.3, -0.25) is 0 Å². The lowest BCUT2D eigenvalue weighted by molar-refractivity contribution is -0.123. The number of rotatable bonds is 5. The molecule has 0 aromatic heterocycles. The average molecular weight is 288 g/mol. The maximum atomic E-state index is 11.8. The first-order valence-corrected chi connectivity index (χ1v) is 6.79. The van der Waals surface area contributed by atoms with Crippen LogP contribution in [0.1, 0.15) is 19.3 Å². The SMILES string of the molecule is COc1ccc(SCCCC#CCC(F)(F)F)cc1. The van der Waals surface area contributed by atoms with Gasteiger partial charge in [0.25, 0.3) is 0 Å². The molecule has 0 amide bonds. The fourth-order valence-electron chi connectivity index (χ4n) is 1.27. The normalized spacial score (nSPS) is 10.7. The number of unbranched alkanes of at least 4 members (excludes halogenated alkanes) is 1. The molecule has 0 saturated heterocycles. The van der Waals surface area contributed by atoms with E-state index in [1.54, 1.807) is 18.9 Å². The first-order chi connectivity index (χ1) is 9.01. The molecule has 0 atom stereocenters. The molecule has 1 rings (SSSR count). The van der Waals surface area contributed by atoms with Crippen LogP contribution in [0, 0.1) is 11.8 Å². The molecule has 0 heterocycles. The molecule has 0 N–H and O–H groups in total. The molecule has 5 heteroatoms. The highest BCUT2D eigenvalue weighted by Gasteiger charge is 2.24. The molecule has 0 aliphatic rings. The van der Waals surface area contributed by atoms with Gasteiger partial charge < -0.3 is 4.74 Å². The molecular weight excluding hydrogens is 273 g/mol. The number of benzene rings is 1. The van der Waals surface area contributed by atoms with E-state index >= 15 is 0 Å². The summed E-state index contributed by atoms with van der Waals surface area (Å²) in [6.45, 7) is 0. The van der Waals surface area contributed by atoms with Crippen LogP contribution in [-0.2, 0) is 0 Å². The van der Waals surface area contributed by atoms with Crippen LogP contribution in [0.3, 0.4) is 0 Å². The largest absolute Gasteiger partial charge is 0.497 e. The van der Waals surface area contributed by atoms with Crippen molar-refractivity contribution in [2.75, 3.05) is 12.9 Å². The molecule has 0 bridgehead atoms. The molecule has 0 aliphatic carbocycles. The maximum absolute atomic E-state index is 11.8. The first kappa shape index (κ1) is 15.8. The third-order valence-electron chi connectivity index (χ3n) is 2.19. The van der Waals surface area contributed by atoms with Crippen LogP contribution in [0.2, 0.25) is 0 Å². The van der Waals surface area contributed by atoms with Crippen molar-refractivity contribution in [3.8, 4) is 17.6 Å². The molecule has 0 fully saturated rings. The van der Waals surface area contributed by atoms with Crippen molar-refractivity contribution < 1.29 is 17.9 Å². The zero-order valence-corrected chi connectivity index (χ0v) is 11.4. The Hall–Kier alpha value is -1.28. The number of hydrogen-bond donors (Lipinski definition) is 0. The van der Waals surface area contributed by atoms with Gasteiger partial charge in [-0.15, -0.1) is 17.7 Å². The highest BCUT2D eigenvalue weighted by atomic mass is 32.2. The summed E-state index contributed by atoms with van der Waals surface area (Å²) in [6.07, 6.45) is -3.91. The highest BCUT2D eigenvalue weighted by molar-refractivity contribution is 7.99. The monoisotopic (exact) mass is 288 g/mol. The van der Waals surface area contributed by atoms with Crippen LogP contribution in [0.4, 0.5) is 13.2 Å². The second kappa shape index (κ2) is 8.00. The van der Waals surface area contributed by atoms with Crippen molar-refractivity contribution >= 4 is 11.8 Å². The van der Waals surface area contributed by atoms with E-state index in [1.165, 1.54) is 0 Å². The van der Waals surface area contributed by atoms with Gasteiger partial charge in [0.2, 0.25) is 0 Å². The van der Waals surface area contributed by atoms with Crippen molar-refractivity contribution in [2.45, 2.75) is 30.3 Å². The molecule has 1 aromatic carbocycles. The predicted molar refractivity (Wildman–Crippen MR) is 71.4 cm³/mol. The van der Waals surface area contributed by atoms with E-state index in [0.29, 0.717) is 6.42 Å². The summed E-state index contributed by atoms with van der Waals surface area (Å²) in [5.74, 6) is 6.33. The molecule has 19 heavy (non-hydrogen) atoms. The van der Waals surface area contributed by atoms with Crippen molar-refractivity contribution in [3.05, 3.63) is 24.3 Å². The lowest BCUT2D eigenvalue weighted by Crippen LogP contribution is -2.04. The fraction of sp³-hybridized carbons (Fsp3) is 0.429. The van der Waals surface area contributed by atoms with Crippen LogP contribution in [0.15, 0.2) is 29.2 Å². The van der Waals surface area contributed by atoms with Gasteiger partial charge in [-0.05, 0) is 36.4 Å². The third kappa shape index (κ3) is 7.68. The second-order valence-electron chi connectivity index (χ2n) is 3.77. The zero-order chi connectivity index (χ0) is 14.1. The summed E-state index contributed by atoms with van der Waals surface area (Å²) < 4.78 is 40.4. The number of ether oxygens (including phenoxy) is 1. The quantitative estimate of drug-likeness (QED) is 0.447. The van der Waals surface area contributed by atoms with Gasteiger partial charge >= 0.3 is 6.18 Å². The number of halogens is 3. The van der Waals surface area contributed by atoms with E-state index in [1.807, 2.05) is 24.3 Å². The van der Waals surface area contributed by atoms with Crippen LogP contribution >= 0.6 is 11.8 Å². The molecule has 104 valence electrons. The van der Waals surface area contributed by atoms with Crippen molar-refractivity contribution in [3.63, 3.8) is 0 Å². The fourth-order valence-corrected chi connectivity index (χ4v) is 2.13. The molecule has 0 unspecified atom stereocenters. The van der Waals surface area contributed by atoms with E-state index in [2.05, 4.69) is 11.8 Å². The summed E-state index contributed by atoms with van der Waals surface area (Å²) in [7, 11) is 1.61. The van der Waals surface area contributed by atoms with E-state index in [9.17, 15) is 13.2 Å². The topological polar surface area (TPSA) is 9.23 Å². The summed E-state index contributed by atoms with van der Waals surface area (Å²) in [4.78, 5) is 1.11. The van der Waals surface area contributed by atoms with Gasteiger partial charge in [0.15, 0.2) is 0 Å². The molecule has 1 aromatic rings. The van der Waals surface area contributed by atoms with Crippen LogP contribution in [0.5, 0.6) is 5.75 Å². The van der Waals surface area contributed by atoms with E-state index in [-0.39, 0.29) is 0 Å². The summed E-state index contributed by atoms with van der Waals surface area (Å²) in [5.41, 5.74) is 0. The van der Waals surface area contributed by atoms with Crippen LogP contribution in [-0.4, -0.2) is 19.0 Å². The van der Waals surface area contributed by atoms with E-state index in [0.717, 1.165) is 22.8 Å². The standard InChI is InChI=1S/C14H15F3OS/c1-18-12-6-8-13(9-7-12)19-11-5-3-2-4-10-14(15,16)17/h6-9H,3,5,10-11H2,1H3. The predicted octanol–water partition coefficient (Wildman–Crippen LogP) is 4.52. The van der Waals surface area contributed by atoms with Crippen molar-refractivity contribution in [1.29, 1.82) is 0 Å². The molecule has 0 spiro atoms. The van der Waals surface area contributed by atoms with Crippen LogP contribution < -0.4 is 4.74 Å². The summed E-state index contributed by atoms with van der Waals surface area (Å²) >= 11 is 1.66. The number of hydrogen-bond acceptors (Lipinski definition) is 2. The number of thioether (sulfide) groups is 1. The van der Waals surface area contributed by atoms with Gasteiger partial charge in [-0.1, -0.05) is 5.92 Å². The average Bonchev–Trinajstić information content (AvgIpc) is 2.37. The lowest BCUT2D eigenvalue weighted by atomic mass is 10.3. The Balaban J connectivity index is 2.16. The Morgan fingerprint density at radius 3 is 2.42 bits per heavy atom. The lowest BCUT2D eigenvalue weighted by Gasteiger charge is -2.02. The minimum absolute atomic E-state index is 0.499. The summed E-state index contributed by atoms with van der Waals surface area (Å²) in [6, 6.07) is 7.68. The molecule has 0 radical (unpaired) electrons. The molecule has 0 saturated carbocycles. The highest BCUT2D eigenvalue weighted by Crippen LogP contribution is 2.22. The Morgan fingerprint density at radius 2 is 1.84 bits per heavy atom. The number of methoxy groups -OCH3 is 1. The Bertz CT molecular complexity index is 429. The number of alkyl halides is 3. The van der Waals surface area contributed by atoms with Gasteiger partial charge in [0, 0.05) is 11.3 Å². The Labute approximate surface area is 115 Å². The third-order valence-corrected chi connectivity index (χ3v) is 3.29. The maximum Gasteiger partial charge on any atom is 0.399 e. The van der Waals surface area contributed by atoms with Gasteiger partial charge in [-0.25, -0.2) is 0 Å². The summed E-state index contributed by atoms with van der Waals surface area (Å²) in [5, 5.41) is 0. The van der Waals surface area contributed by atoms with Gasteiger partial charge in [0.1, 0.15) is 12.2 Å². The van der Waals surface area contributed by atoms with E-state index in [4.69, 9.17) is 4.74 Å². The molecule has 1 nitrogen and oxygen atoms in total. The van der Waals surface area contributed by atoms with Crippen molar-refractivity contribution in [2.24, 2.45) is 0 Å². The zero-order valence-electron chi connectivity index (χ0n) is 10.6. The first-order valence-electron chi connectivity index (χ1n) is 5.80. The molecule has 0 aliphatic heterocycles. The van der Waals surface area contributed by atoms with Gasteiger partial charge in [-0.2, -0.15) is 13.2 Å². The Kier molecular flexibility index (Phi) is 6.65. The molecular formula is C14H15F3OS. The second-order valence-corrected chi connectivity index (χ2v) is 4.94. The smallest absolute Gasteiger partial charge is 0.399 e. The van der Waals surface area contributed by atoms with Crippen molar-refractivity contribution in [1.82, 2.24) is 0 Å². The van der Waals surface area contributed by atoms with E-state index < -0.39 is 12.6 Å². The minimum Gasteiger partial charge on any atom is -0.497 e. The van der Waals surface area contributed by atoms with Gasteiger partial charge in [0.05, 0.1) is 7.11 Å².